The number of rotatable bonds is 5. The van der Waals surface area contributed by atoms with Gasteiger partial charge in [-0.15, -0.1) is 0 Å². The van der Waals surface area contributed by atoms with Gasteiger partial charge in [-0.2, -0.15) is 0 Å². The van der Waals surface area contributed by atoms with Crippen molar-refractivity contribution in [1.29, 1.82) is 0 Å². The summed E-state index contributed by atoms with van der Waals surface area (Å²) in [5.74, 6) is 0.597. The van der Waals surface area contributed by atoms with Gasteiger partial charge in [0, 0.05) is 5.54 Å². The fourth-order valence-electron chi connectivity index (χ4n) is 1.04. The van der Waals surface area contributed by atoms with Crippen LogP contribution < -0.4 is 5.73 Å². The van der Waals surface area contributed by atoms with E-state index >= 15 is 0 Å². The van der Waals surface area contributed by atoms with Gasteiger partial charge in [-0.3, -0.25) is 0 Å². The molecule has 0 saturated heterocycles. The van der Waals surface area contributed by atoms with Crippen molar-refractivity contribution in [1.82, 2.24) is 0 Å². The molecule has 1 nitrogen and oxygen atoms in total. The van der Waals surface area contributed by atoms with Gasteiger partial charge in [0.1, 0.15) is 0 Å². The largest absolute Gasteiger partial charge is 0.325 e. The summed E-state index contributed by atoms with van der Waals surface area (Å²) in [6.45, 7) is 8.79. The molecule has 0 aromatic heterocycles. The number of nitrogens with two attached hydrogens (primary N) is 1. The molecule has 0 rings (SSSR count). The van der Waals surface area contributed by atoms with Crippen LogP contribution in [0.1, 0.15) is 53.4 Å². The molecule has 0 aromatic carbocycles. The van der Waals surface area contributed by atoms with Crippen LogP contribution in [0.25, 0.3) is 0 Å². The van der Waals surface area contributed by atoms with Gasteiger partial charge in [0.05, 0.1) is 0 Å². The van der Waals surface area contributed by atoms with Gasteiger partial charge in [0.15, 0.2) is 0 Å². The van der Waals surface area contributed by atoms with Crippen molar-refractivity contribution < 1.29 is 0 Å². The molecule has 0 heterocycles. The zero-order chi connectivity index (χ0) is 8.91. The number of hydrogen-bond acceptors (Lipinski definition) is 1. The molecule has 0 spiro atoms. The van der Waals surface area contributed by atoms with Crippen molar-refractivity contribution in [2.75, 3.05) is 0 Å². The minimum Gasteiger partial charge on any atom is -0.325 e. The van der Waals surface area contributed by atoms with Crippen LogP contribution in [0, 0.1) is 5.92 Å². The Morgan fingerprint density at radius 2 is 1.82 bits per heavy atom. The van der Waals surface area contributed by atoms with Crippen LogP contribution in [-0.4, -0.2) is 5.54 Å². The Morgan fingerprint density at radius 1 is 1.27 bits per heavy atom. The van der Waals surface area contributed by atoms with Crippen molar-refractivity contribution >= 4 is 0 Å². The molecule has 0 aliphatic heterocycles. The predicted molar refractivity (Wildman–Crippen MR) is 51.6 cm³/mol. The molecule has 11 heavy (non-hydrogen) atoms. The maximum Gasteiger partial charge on any atom is 0.0149 e. The van der Waals surface area contributed by atoms with Crippen LogP contribution in [0.3, 0.4) is 0 Å². The average molecular weight is 157 g/mol. The van der Waals surface area contributed by atoms with E-state index in [1.807, 2.05) is 0 Å². The SMILES string of the molecule is CCCCCC(C)(N)C(C)C. The summed E-state index contributed by atoms with van der Waals surface area (Å²) in [5, 5.41) is 0. The van der Waals surface area contributed by atoms with Crippen molar-refractivity contribution in [2.24, 2.45) is 11.7 Å². The Bertz CT molecular complexity index is 95.0. The molecule has 0 saturated carbocycles. The van der Waals surface area contributed by atoms with Crippen molar-refractivity contribution in [2.45, 2.75) is 58.9 Å². The second-order valence-corrected chi connectivity index (χ2v) is 4.12. The lowest BCUT2D eigenvalue weighted by atomic mass is 9.85. The first-order valence-corrected chi connectivity index (χ1v) is 4.79. The normalized spacial score (nSPS) is 16.9. The summed E-state index contributed by atoms with van der Waals surface area (Å²) in [6.07, 6.45) is 5.05. The second-order valence-electron chi connectivity index (χ2n) is 4.12. The molecule has 0 amide bonds. The molecule has 1 unspecified atom stereocenters. The van der Waals surface area contributed by atoms with Gasteiger partial charge in [0.2, 0.25) is 0 Å². The first kappa shape index (κ1) is 11.0. The summed E-state index contributed by atoms with van der Waals surface area (Å²) < 4.78 is 0. The Labute approximate surface area is 71.4 Å². The number of unbranched alkanes of at least 4 members (excludes halogenated alkanes) is 2. The summed E-state index contributed by atoms with van der Waals surface area (Å²) in [4.78, 5) is 0. The van der Waals surface area contributed by atoms with Crippen molar-refractivity contribution in [3.63, 3.8) is 0 Å². The molecule has 68 valence electrons. The lowest BCUT2D eigenvalue weighted by Gasteiger charge is -2.29. The zero-order valence-electron chi connectivity index (χ0n) is 8.48. The van der Waals surface area contributed by atoms with Crippen molar-refractivity contribution in [3.05, 3.63) is 0 Å². The van der Waals surface area contributed by atoms with E-state index in [0.29, 0.717) is 5.92 Å². The van der Waals surface area contributed by atoms with Gasteiger partial charge in [-0.25, -0.2) is 0 Å². The number of hydrogen-bond donors (Lipinski definition) is 1. The maximum absolute atomic E-state index is 6.10. The van der Waals surface area contributed by atoms with Crippen LogP contribution in [0.5, 0.6) is 0 Å². The molecule has 0 aromatic rings. The Morgan fingerprint density at radius 3 is 2.18 bits per heavy atom. The molecule has 0 aliphatic rings. The molecule has 2 N–H and O–H groups in total. The summed E-state index contributed by atoms with van der Waals surface area (Å²) in [7, 11) is 0. The maximum atomic E-state index is 6.10. The van der Waals surface area contributed by atoms with Gasteiger partial charge in [-0.1, -0.05) is 40.0 Å². The van der Waals surface area contributed by atoms with E-state index in [1.165, 1.54) is 25.7 Å². The highest BCUT2D eigenvalue weighted by Gasteiger charge is 2.21. The lowest BCUT2D eigenvalue weighted by molar-refractivity contribution is 0.306. The monoisotopic (exact) mass is 157 g/mol. The third-order valence-corrected chi connectivity index (χ3v) is 2.64. The zero-order valence-corrected chi connectivity index (χ0v) is 8.48. The van der Waals surface area contributed by atoms with Crippen LogP contribution >= 0.6 is 0 Å². The first-order valence-electron chi connectivity index (χ1n) is 4.79. The molecular formula is C10H23N. The third-order valence-electron chi connectivity index (χ3n) is 2.64. The molecule has 0 bridgehead atoms. The minimum atomic E-state index is 0.0508. The van der Waals surface area contributed by atoms with Crippen LogP contribution in [-0.2, 0) is 0 Å². The van der Waals surface area contributed by atoms with Crippen LogP contribution in [0.15, 0.2) is 0 Å². The van der Waals surface area contributed by atoms with E-state index in [9.17, 15) is 0 Å². The standard InChI is InChI=1S/C10H23N/c1-5-6-7-8-10(4,11)9(2)3/h9H,5-8,11H2,1-4H3. The third kappa shape index (κ3) is 4.41. The van der Waals surface area contributed by atoms with Gasteiger partial charge < -0.3 is 5.73 Å². The highest BCUT2D eigenvalue weighted by molar-refractivity contribution is 4.81. The highest BCUT2D eigenvalue weighted by Crippen LogP contribution is 2.20. The highest BCUT2D eigenvalue weighted by atomic mass is 14.7. The van der Waals surface area contributed by atoms with Gasteiger partial charge >= 0.3 is 0 Å². The van der Waals surface area contributed by atoms with Crippen LogP contribution in [0.2, 0.25) is 0 Å². The van der Waals surface area contributed by atoms with E-state index in [0.717, 1.165) is 0 Å². The van der Waals surface area contributed by atoms with E-state index < -0.39 is 0 Å². The molecule has 0 radical (unpaired) electrons. The lowest BCUT2D eigenvalue weighted by Crippen LogP contribution is -2.41. The smallest absolute Gasteiger partial charge is 0.0149 e. The Kier molecular flexibility index (Phi) is 4.74. The van der Waals surface area contributed by atoms with Gasteiger partial charge in [0.25, 0.3) is 0 Å². The Hall–Kier alpha value is -0.0400. The van der Waals surface area contributed by atoms with E-state index in [-0.39, 0.29) is 5.54 Å². The molecule has 1 atom stereocenters. The van der Waals surface area contributed by atoms with Crippen molar-refractivity contribution in [3.8, 4) is 0 Å². The second kappa shape index (κ2) is 4.76. The fourth-order valence-corrected chi connectivity index (χ4v) is 1.04. The molecule has 0 fully saturated rings. The average Bonchev–Trinajstić information content (AvgIpc) is 1.88. The first-order chi connectivity index (χ1) is 5.00. The quantitative estimate of drug-likeness (QED) is 0.610. The van der Waals surface area contributed by atoms with E-state index in [1.54, 1.807) is 0 Å². The summed E-state index contributed by atoms with van der Waals surface area (Å²) in [5.41, 5.74) is 6.15. The van der Waals surface area contributed by atoms with E-state index in [4.69, 9.17) is 5.73 Å². The predicted octanol–water partition coefficient (Wildman–Crippen LogP) is 2.94. The van der Waals surface area contributed by atoms with Gasteiger partial charge in [-0.05, 0) is 19.3 Å². The topological polar surface area (TPSA) is 26.0 Å². The minimum absolute atomic E-state index is 0.0508. The fraction of sp³-hybridized carbons (Fsp3) is 1.00. The van der Waals surface area contributed by atoms with Crippen LogP contribution in [0.4, 0.5) is 0 Å². The Balaban J connectivity index is 3.55. The molecule has 0 aliphatic carbocycles. The molecule has 1 heteroatoms. The summed E-state index contributed by atoms with van der Waals surface area (Å²) >= 11 is 0. The molecular weight excluding hydrogens is 134 g/mol. The van der Waals surface area contributed by atoms with E-state index in [2.05, 4.69) is 27.7 Å². The summed E-state index contributed by atoms with van der Waals surface area (Å²) in [6, 6.07) is 0.